The normalized spacial score (nSPS) is 16.3. The maximum absolute atomic E-state index is 10.6. The highest BCUT2D eigenvalue weighted by molar-refractivity contribution is 5.75. The lowest BCUT2D eigenvalue weighted by molar-refractivity contribution is -0.119. The monoisotopic (exact) mass is 250 g/mol. The highest BCUT2D eigenvalue weighted by atomic mass is 16.5. The minimum absolute atomic E-state index is 0.0544. The number of nitrogens with one attached hydrogen (secondary N) is 1. The van der Waals surface area contributed by atoms with E-state index in [4.69, 9.17) is 10.5 Å². The van der Waals surface area contributed by atoms with Gasteiger partial charge in [-0.05, 0) is 30.5 Å². The number of primary amides is 1. The van der Waals surface area contributed by atoms with E-state index in [1.807, 2.05) is 12.1 Å². The summed E-state index contributed by atoms with van der Waals surface area (Å²) in [5.41, 5.74) is 6.05. The van der Waals surface area contributed by atoms with Gasteiger partial charge in [0.05, 0.1) is 6.61 Å². The molecule has 1 aliphatic rings. The van der Waals surface area contributed by atoms with Gasteiger partial charge in [0.1, 0.15) is 5.75 Å². The molecule has 4 N–H and O–H groups in total. The summed E-state index contributed by atoms with van der Waals surface area (Å²) in [6.45, 7) is 0.800. The smallest absolute Gasteiger partial charge is 0.255 e. The molecule has 0 bridgehead atoms. The van der Waals surface area contributed by atoms with Crippen LogP contribution in [0.4, 0.5) is 0 Å². The van der Waals surface area contributed by atoms with Gasteiger partial charge >= 0.3 is 0 Å². The number of aliphatic hydroxyl groups excluding tert-OH is 1. The Morgan fingerprint density at radius 2 is 2.06 bits per heavy atom. The first-order valence-electron chi connectivity index (χ1n) is 5.99. The van der Waals surface area contributed by atoms with E-state index in [2.05, 4.69) is 5.32 Å². The average molecular weight is 250 g/mol. The van der Waals surface area contributed by atoms with Crippen molar-refractivity contribution in [2.75, 3.05) is 13.2 Å². The molecule has 1 saturated carbocycles. The van der Waals surface area contributed by atoms with Crippen molar-refractivity contribution < 1.29 is 14.6 Å². The standard InChI is InChI=1S/C13H18N2O3/c14-12(17)8-18-11-3-1-10(2-4-11)7-15-13(9-16)5-6-13/h1-4,15-16H,5-9H2,(H2,14,17). The Morgan fingerprint density at radius 1 is 1.39 bits per heavy atom. The Kier molecular flexibility index (Phi) is 3.84. The van der Waals surface area contributed by atoms with E-state index in [1.54, 1.807) is 12.1 Å². The molecule has 5 heteroatoms. The molecule has 0 heterocycles. The average Bonchev–Trinajstić information content (AvgIpc) is 3.16. The van der Waals surface area contributed by atoms with Crippen LogP contribution < -0.4 is 15.8 Å². The third-order valence-electron chi connectivity index (χ3n) is 3.13. The van der Waals surface area contributed by atoms with E-state index in [-0.39, 0.29) is 18.8 Å². The van der Waals surface area contributed by atoms with Gasteiger partial charge in [-0.3, -0.25) is 4.79 Å². The van der Waals surface area contributed by atoms with Gasteiger partial charge in [-0.15, -0.1) is 0 Å². The summed E-state index contributed by atoms with van der Waals surface area (Å²) in [4.78, 5) is 10.6. The lowest BCUT2D eigenvalue weighted by Crippen LogP contribution is -2.34. The number of carbonyl (C=O) groups is 1. The molecule has 0 saturated heterocycles. The summed E-state index contributed by atoms with van der Waals surface area (Å²) in [7, 11) is 0. The van der Waals surface area contributed by atoms with Gasteiger partial charge in [-0.2, -0.15) is 0 Å². The van der Waals surface area contributed by atoms with Crippen molar-refractivity contribution in [2.24, 2.45) is 5.73 Å². The van der Waals surface area contributed by atoms with Crippen LogP contribution in [0.1, 0.15) is 18.4 Å². The Hall–Kier alpha value is -1.59. The summed E-state index contributed by atoms with van der Waals surface area (Å²) in [6.07, 6.45) is 2.06. The number of nitrogens with two attached hydrogens (primary N) is 1. The maximum atomic E-state index is 10.6. The van der Waals surface area contributed by atoms with Crippen LogP contribution >= 0.6 is 0 Å². The fourth-order valence-corrected chi connectivity index (χ4v) is 1.69. The molecule has 1 aromatic carbocycles. The summed E-state index contributed by atoms with van der Waals surface area (Å²) in [5, 5.41) is 12.5. The summed E-state index contributed by atoms with van der Waals surface area (Å²) >= 11 is 0. The van der Waals surface area contributed by atoms with Crippen LogP contribution in [0.25, 0.3) is 0 Å². The number of rotatable bonds is 7. The Morgan fingerprint density at radius 3 is 2.56 bits per heavy atom. The van der Waals surface area contributed by atoms with Crippen molar-refractivity contribution in [3.63, 3.8) is 0 Å². The molecule has 98 valence electrons. The van der Waals surface area contributed by atoms with Crippen LogP contribution in [0.3, 0.4) is 0 Å². The fourth-order valence-electron chi connectivity index (χ4n) is 1.69. The highest BCUT2D eigenvalue weighted by Crippen LogP contribution is 2.34. The maximum Gasteiger partial charge on any atom is 0.255 e. The molecule has 0 radical (unpaired) electrons. The number of ether oxygens (including phenoxy) is 1. The van der Waals surface area contributed by atoms with Gasteiger partial charge in [0.25, 0.3) is 5.91 Å². The number of carbonyl (C=O) groups excluding carboxylic acids is 1. The third kappa shape index (κ3) is 3.45. The van der Waals surface area contributed by atoms with Crippen molar-refractivity contribution in [3.8, 4) is 5.75 Å². The van der Waals surface area contributed by atoms with Crippen molar-refractivity contribution >= 4 is 5.91 Å². The molecule has 18 heavy (non-hydrogen) atoms. The number of amides is 1. The molecule has 2 rings (SSSR count). The minimum atomic E-state index is -0.487. The summed E-state index contributed by atoms with van der Waals surface area (Å²) < 4.78 is 5.17. The number of hydrogen-bond acceptors (Lipinski definition) is 4. The quantitative estimate of drug-likeness (QED) is 0.644. The molecule has 0 atom stereocenters. The largest absolute Gasteiger partial charge is 0.484 e. The second kappa shape index (κ2) is 5.37. The van der Waals surface area contributed by atoms with Crippen LogP contribution in [0.15, 0.2) is 24.3 Å². The lowest BCUT2D eigenvalue weighted by Gasteiger charge is -2.14. The van der Waals surface area contributed by atoms with E-state index in [0.29, 0.717) is 5.75 Å². The zero-order chi connectivity index (χ0) is 13.0. The molecule has 0 aromatic heterocycles. The predicted molar refractivity (Wildman–Crippen MR) is 67.0 cm³/mol. The van der Waals surface area contributed by atoms with Gasteiger partial charge in [0.15, 0.2) is 6.61 Å². The Labute approximate surface area is 106 Å². The first kappa shape index (κ1) is 12.9. The second-order valence-corrected chi connectivity index (χ2v) is 4.69. The van der Waals surface area contributed by atoms with Crippen LogP contribution in [-0.2, 0) is 11.3 Å². The zero-order valence-electron chi connectivity index (χ0n) is 10.2. The molecule has 1 fully saturated rings. The van der Waals surface area contributed by atoms with Crippen molar-refractivity contribution in [2.45, 2.75) is 24.9 Å². The molecule has 1 amide bonds. The van der Waals surface area contributed by atoms with Crippen LogP contribution in [0, 0.1) is 0 Å². The minimum Gasteiger partial charge on any atom is -0.484 e. The van der Waals surface area contributed by atoms with Crippen LogP contribution in [0.2, 0.25) is 0 Å². The third-order valence-corrected chi connectivity index (χ3v) is 3.13. The number of benzene rings is 1. The molecule has 1 aliphatic carbocycles. The van der Waals surface area contributed by atoms with Crippen molar-refractivity contribution in [1.82, 2.24) is 5.32 Å². The SMILES string of the molecule is NC(=O)COc1ccc(CNC2(CO)CC2)cc1. The molecular formula is C13H18N2O3. The van der Waals surface area contributed by atoms with Crippen molar-refractivity contribution in [1.29, 1.82) is 0 Å². The van der Waals surface area contributed by atoms with E-state index in [9.17, 15) is 9.90 Å². The number of hydrogen-bond donors (Lipinski definition) is 3. The Balaban J connectivity index is 1.82. The van der Waals surface area contributed by atoms with Gasteiger partial charge < -0.3 is 20.9 Å². The zero-order valence-corrected chi connectivity index (χ0v) is 10.2. The van der Waals surface area contributed by atoms with Gasteiger partial charge in [0.2, 0.25) is 0 Å². The van der Waals surface area contributed by atoms with Gasteiger partial charge in [-0.1, -0.05) is 12.1 Å². The molecule has 5 nitrogen and oxygen atoms in total. The van der Waals surface area contributed by atoms with E-state index in [1.165, 1.54) is 0 Å². The topological polar surface area (TPSA) is 84.6 Å². The molecular weight excluding hydrogens is 232 g/mol. The van der Waals surface area contributed by atoms with Gasteiger partial charge in [-0.25, -0.2) is 0 Å². The molecule has 0 unspecified atom stereocenters. The van der Waals surface area contributed by atoms with E-state index >= 15 is 0 Å². The van der Waals surface area contributed by atoms with E-state index in [0.717, 1.165) is 24.9 Å². The lowest BCUT2D eigenvalue weighted by atomic mass is 10.2. The van der Waals surface area contributed by atoms with Crippen LogP contribution in [0.5, 0.6) is 5.75 Å². The molecule has 0 aliphatic heterocycles. The molecule has 0 spiro atoms. The summed E-state index contributed by atoms with van der Waals surface area (Å²) in [6, 6.07) is 7.46. The van der Waals surface area contributed by atoms with Crippen LogP contribution in [-0.4, -0.2) is 29.8 Å². The second-order valence-electron chi connectivity index (χ2n) is 4.69. The number of aliphatic hydroxyl groups is 1. The molecule has 1 aromatic rings. The van der Waals surface area contributed by atoms with Gasteiger partial charge in [0, 0.05) is 12.1 Å². The predicted octanol–water partition coefficient (Wildman–Crippen LogP) is 0.165. The first-order valence-corrected chi connectivity index (χ1v) is 5.99. The van der Waals surface area contributed by atoms with E-state index < -0.39 is 5.91 Å². The van der Waals surface area contributed by atoms with Crippen molar-refractivity contribution in [3.05, 3.63) is 29.8 Å². The highest BCUT2D eigenvalue weighted by Gasteiger charge is 2.41. The Bertz CT molecular complexity index is 413. The summed E-state index contributed by atoms with van der Waals surface area (Å²) in [5.74, 6) is 0.139. The first-order chi connectivity index (χ1) is 8.63. The fraction of sp³-hybridized carbons (Fsp3) is 0.462.